The third kappa shape index (κ3) is 2.13. The second kappa shape index (κ2) is 4.13. The van der Waals surface area contributed by atoms with Gasteiger partial charge in [-0.1, -0.05) is 33.6 Å². The number of aromatic nitrogens is 2. The van der Waals surface area contributed by atoms with Gasteiger partial charge in [-0.2, -0.15) is 5.10 Å². The molecule has 0 spiro atoms. The Morgan fingerprint density at radius 3 is 2.35 bits per heavy atom. The fourth-order valence-corrected chi connectivity index (χ4v) is 2.95. The second-order valence-electron chi connectivity index (χ2n) is 6.48. The third-order valence-electron chi connectivity index (χ3n) is 4.14. The van der Waals surface area contributed by atoms with Crippen molar-refractivity contribution in [3.63, 3.8) is 0 Å². The molecule has 1 saturated carbocycles. The molecule has 2 N–H and O–H groups in total. The van der Waals surface area contributed by atoms with Gasteiger partial charge in [0.05, 0.1) is 5.69 Å². The highest BCUT2D eigenvalue weighted by Crippen LogP contribution is 2.41. The monoisotopic (exact) mass is 235 g/mol. The molecule has 1 fully saturated rings. The van der Waals surface area contributed by atoms with E-state index >= 15 is 0 Å². The molecule has 2 rings (SSSR count). The van der Waals surface area contributed by atoms with Crippen LogP contribution in [0.4, 0.5) is 0 Å². The SMILES string of the molecule is Cn1nc(C(C)(C)C)cc1C1(CN)CCCC1. The predicted molar refractivity (Wildman–Crippen MR) is 71.1 cm³/mol. The van der Waals surface area contributed by atoms with Crippen molar-refractivity contribution in [3.8, 4) is 0 Å². The molecule has 3 nitrogen and oxygen atoms in total. The van der Waals surface area contributed by atoms with E-state index < -0.39 is 0 Å². The zero-order chi connectivity index (χ0) is 12.7. The Morgan fingerprint density at radius 2 is 1.94 bits per heavy atom. The van der Waals surface area contributed by atoms with Gasteiger partial charge < -0.3 is 5.73 Å². The number of hydrogen-bond acceptors (Lipinski definition) is 2. The summed E-state index contributed by atoms with van der Waals surface area (Å²) in [5, 5.41) is 4.68. The molecule has 0 bridgehead atoms. The summed E-state index contributed by atoms with van der Waals surface area (Å²) in [5.74, 6) is 0. The van der Waals surface area contributed by atoms with Crippen LogP contribution in [0.15, 0.2) is 6.07 Å². The zero-order valence-electron chi connectivity index (χ0n) is 11.6. The van der Waals surface area contributed by atoms with Crippen LogP contribution in [0, 0.1) is 0 Å². The van der Waals surface area contributed by atoms with Gasteiger partial charge >= 0.3 is 0 Å². The van der Waals surface area contributed by atoms with Crippen molar-refractivity contribution in [2.45, 2.75) is 57.3 Å². The van der Waals surface area contributed by atoms with Crippen LogP contribution in [-0.4, -0.2) is 16.3 Å². The number of nitrogens with zero attached hydrogens (tertiary/aromatic N) is 2. The van der Waals surface area contributed by atoms with Gasteiger partial charge in [0, 0.05) is 30.1 Å². The Morgan fingerprint density at radius 1 is 1.35 bits per heavy atom. The lowest BCUT2D eigenvalue weighted by atomic mass is 9.81. The average molecular weight is 235 g/mol. The van der Waals surface area contributed by atoms with E-state index in [4.69, 9.17) is 5.73 Å². The second-order valence-corrected chi connectivity index (χ2v) is 6.48. The highest BCUT2D eigenvalue weighted by molar-refractivity contribution is 5.26. The minimum absolute atomic E-state index is 0.115. The molecule has 0 aliphatic heterocycles. The van der Waals surface area contributed by atoms with Gasteiger partial charge in [0.15, 0.2) is 0 Å². The number of nitrogens with two attached hydrogens (primary N) is 1. The van der Waals surface area contributed by atoms with Crippen molar-refractivity contribution in [2.75, 3.05) is 6.54 Å². The molecule has 0 aromatic carbocycles. The first kappa shape index (κ1) is 12.6. The van der Waals surface area contributed by atoms with Gasteiger partial charge in [-0.05, 0) is 18.9 Å². The van der Waals surface area contributed by atoms with Gasteiger partial charge in [0.25, 0.3) is 0 Å². The Bertz CT molecular complexity index is 392. The summed E-state index contributed by atoms with van der Waals surface area (Å²) in [6, 6.07) is 2.28. The number of hydrogen-bond donors (Lipinski definition) is 1. The first-order valence-corrected chi connectivity index (χ1v) is 6.64. The van der Waals surface area contributed by atoms with E-state index in [1.807, 2.05) is 0 Å². The van der Waals surface area contributed by atoms with Gasteiger partial charge in [0.1, 0.15) is 0 Å². The van der Waals surface area contributed by atoms with Crippen LogP contribution < -0.4 is 5.73 Å². The van der Waals surface area contributed by atoms with Gasteiger partial charge in [-0.25, -0.2) is 0 Å². The van der Waals surface area contributed by atoms with Crippen LogP contribution >= 0.6 is 0 Å². The summed E-state index contributed by atoms with van der Waals surface area (Å²) < 4.78 is 2.05. The van der Waals surface area contributed by atoms with Crippen molar-refractivity contribution in [1.29, 1.82) is 0 Å². The highest BCUT2D eigenvalue weighted by Gasteiger charge is 2.37. The van der Waals surface area contributed by atoms with Crippen molar-refractivity contribution in [3.05, 3.63) is 17.5 Å². The third-order valence-corrected chi connectivity index (χ3v) is 4.14. The average Bonchev–Trinajstić information content (AvgIpc) is 2.83. The van der Waals surface area contributed by atoms with Crippen LogP contribution in [0.3, 0.4) is 0 Å². The standard InChI is InChI=1S/C14H25N3/c1-13(2,3)11-9-12(17(4)16-11)14(10-15)7-5-6-8-14/h9H,5-8,10,15H2,1-4H3. The minimum atomic E-state index is 0.115. The fourth-order valence-electron chi connectivity index (χ4n) is 2.95. The van der Waals surface area contributed by atoms with E-state index in [-0.39, 0.29) is 10.8 Å². The lowest BCUT2D eigenvalue weighted by Gasteiger charge is -2.27. The summed E-state index contributed by atoms with van der Waals surface area (Å²) >= 11 is 0. The van der Waals surface area contributed by atoms with E-state index in [1.54, 1.807) is 0 Å². The molecule has 96 valence electrons. The topological polar surface area (TPSA) is 43.8 Å². The van der Waals surface area contributed by atoms with E-state index in [0.29, 0.717) is 0 Å². The Hall–Kier alpha value is -0.830. The van der Waals surface area contributed by atoms with Crippen molar-refractivity contribution < 1.29 is 0 Å². The number of aryl methyl sites for hydroxylation is 1. The molecule has 0 radical (unpaired) electrons. The molecule has 0 unspecified atom stereocenters. The van der Waals surface area contributed by atoms with Gasteiger partial charge in [0.2, 0.25) is 0 Å². The van der Waals surface area contributed by atoms with Gasteiger partial charge in [-0.3, -0.25) is 4.68 Å². The van der Waals surface area contributed by atoms with Crippen LogP contribution in [0.1, 0.15) is 57.8 Å². The fraction of sp³-hybridized carbons (Fsp3) is 0.786. The molecular weight excluding hydrogens is 210 g/mol. The van der Waals surface area contributed by atoms with Crippen LogP contribution in [0.25, 0.3) is 0 Å². The molecule has 1 heterocycles. The summed E-state index contributed by atoms with van der Waals surface area (Å²) in [4.78, 5) is 0. The smallest absolute Gasteiger partial charge is 0.0680 e. The van der Waals surface area contributed by atoms with E-state index in [9.17, 15) is 0 Å². The van der Waals surface area contributed by atoms with E-state index in [1.165, 1.54) is 37.1 Å². The maximum atomic E-state index is 6.05. The predicted octanol–water partition coefficient (Wildman–Crippen LogP) is 2.49. The molecule has 1 aliphatic carbocycles. The summed E-state index contributed by atoms with van der Waals surface area (Å²) in [6.07, 6.45) is 5.03. The summed E-state index contributed by atoms with van der Waals surface area (Å²) in [5.41, 5.74) is 8.86. The normalized spacial score (nSPS) is 19.8. The van der Waals surface area contributed by atoms with Gasteiger partial charge in [-0.15, -0.1) is 0 Å². The van der Waals surface area contributed by atoms with Crippen LogP contribution in [0.5, 0.6) is 0 Å². The zero-order valence-corrected chi connectivity index (χ0v) is 11.6. The lowest BCUT2D eigenvalue weighted by molar-refractivity contribution is 0.416. The largest absolute Gasteiger partial charge is 0.330 e. The Labute approximate surface area is 104 Å². The van der Waals surface area contributed by atoms with Crippen LogP contribution in [0.2, 0.25) is 0 Å². The molecule has 0 amide bonds. The maximum absolute atomic E-state index is 6.05. The Balaban J connectivity index is 2.42. The Kier molecular flexibility index (Phi) is 3.06. The molecule has 3 heteroatoms. The lowest BCUT2D eigenvalue weighted by Crippen LogP contribution is -2.34. The van der Waals surface area contributed by atoms with Crippen molar-refractivity contribution in [2.24, 2.45) is 12.8 Å². The molecule has 0 atom stereocenters. The van der Waals surface area contributed by atoms with E-state index in [0.717, 1.165) is 6.54 Å². The first-order chi connectivity index (χ1) is 7.89. The molecule has 0 saturated heterocycles. The molecule has 17 heavy (non-hydrogen) atoms. The maximum Gasteiger partial charge on any atom is 0.0680 e. The van der Waals surface area contributed by atoms with E-state index in [2.05, 4.69) is 43.7 Å². The molecule has 1 aliphatic rings. The highest BCUT2D eigenvalue weighted by atomic mass is 15.3. The number of rotatable bonds is 2. The quantitative estimate of drug-likeness (QED) is 0.856. The molecule has 1 aromatic rings. The van der Waals surface area contributed by atoms with Crippen molar-refractivity contribution in [1.82, 2.24) is 9.78 Å². The minimum Gasteiger partial charge on any atom is -0.330 e. The van der Waals surface area contributed by atoms with Crippen molar-refractivity contribution >= 4 is 0 Å². The summed E-state index contributed by atoms with van der Waals surface area (Å²) in [7, 11) is 2.06. The van der Waals surface area contributed by atoms with Crippen LogP contribution in [-0.2, 0) is 17.9 Å². The first-order valence-electron chi connectivity index (χ1n) is 6.64. The molecule has 1 aromatic heterocycles. The summed E-state index contributed by atoms with van der Waals surface area (Å²) in [6.45, 7) is 7.38. The molecular formula is C14H25N3.